The predicted molar refractivity (Wildman–Crippen MR) is 123 cm³/mol. The summed E-state index contributed by atoms with van der Waals surface area (Å²) in [6.45, 7) is 3.90. The second-order valence-electron chi connectivity index (χ2n) is 7.46. The Morgan fingerprint density at radius 3 is 1.66 bits per heavy atom. The van der Waals surface area contributed by atoms with E-state index in [0.717, 1.165) is 11.1 Å². The molecule has 0 bridgehead atoms. The molecule has 0 spiro atoms. The summed E-state index contributed by atoms with van der Waals surface area (Å²) in [5.74, 6) is -0.114. The van der Waals surface area contributed by atoms with E-state index >= 15 is 0 Å². The van der Waals surface area contributed by atoms with Crippen LogP contribution in [-0.4, -0.2) is 19.0 Å². The molecule has 4 aromatic rings. The van der Waals surface area contributed by atoms with Gasteiger partial charge in [0.15, 0.2) is 11.5 Å². The maximum absolute atomic E-state index is 12.7. The van der Waals surface area contributed by atoms with Gasteiger partial charge in [0.1, 0.15) is 5.75 Å². The Morgan fingerprint density at radius 1 is 0.625 bits per heavy atom. The number of fused-ring (bicyclic) bond motifs is 1. The molecule has 0 aliphatic rings. The van der Waals surface area contributed by atoms with E-state index in [9.17, 15) is 9.59 Å². The highest BCUT2D eigenvalue weighted by molar-refractivity contribution is 6.01. The number of rotatable bonds is 5. The lowest BCUT2D eigenvalue weighted by molar-refractivity contribution is 0.0719. The zero-order valence-corrected chi connectivity index (χ0v) is 18.0. The van der Waals surface area contributed by atoms with Crippen LogP contribution in [0.15, 0.2) is 78.9 Å². The van der Waals surface area contributed by atoms with Gasteiger partial charge in [0, 0.05) is 16.8 Å². The normalized spacial score (nSPS) is 10.6. The Labute approximate surface area is 186 Å². The van der Waals surface area contributed by atoms with Crippen LogP contribution >= 0.6 is 0 Å². The Hall–Kier alpha value is -4.12. The summed E-state index contributed by atoms with van der Waals surface area (Å²) in [6, 6.07) is 23.0. The number of esters is 2. The first-order valence-corrected chi connectivity index (χ1v) is 10.1. The van der Waals surface area contributed by atoms with Crippen molar-refractivity contribution in [3.63, 3.8) is 0 Å². The summed E-state index contributed by atoms with van der Waals surface area (Å²) in [6.07, 6.45) is 0. The average Bonchev–Trinajstić information content (AvgIpc) is 2.81. The van der Waals surface area contributed by atoms with Crippen LogP contribution in [0.25, 0.3) is 10.8 Å². The summed E-state index contributed by atoms with van der Waals surface area (Å²) in [4.78, 5) is 25.4. The zero-order valence-electron chi connectivity index (χ0n) is 18.0. The molecule has 4 rings (SSSR count). The van der Waals surface area contributed by atoms with Crippen molar-refractivity contribution in [3.05, 3.63) is 101 Å². The number of hydrogen-bond acceptors (Lipinski definition) is 5. The fourth-order valence-electron chi connectivity index (χ4n) is 3.32. The zero-order chi connectivity index (χ0) is 22.7. The highest BCUT2D eigenvalue weighted by Gasteiger charge is 2.20. The molecular weight excluding hydrogens is 404 g/mol. The fraction of sp³-hybridized carbons (Fsp3) is 0.111. The third-order valence-corrected chi connectivity index (χ3v) is 5.11. The van der Waals surface area contributed by atoms with E-state index in [1.54, 1.807) is 42.5 Å². The third kappa shape index (κ3) is 4.32. The van der Waals surface area contributed by atoms with E-state index < -0.39 is 11.9 Å². The number of carbonyl (C=O) groups is 2. The maximum Gasteiger partial charge on any atom is 0.343 e. The highest BCUT2D eigenvalue weighted by atomic mass is 16.6. The number of ether oxygens (including phenoxy) is 3. The van der Waals surface area contributed by atoms with Crippen molar-refractivity contribution in [2.24, 2.45) is 0 Å². The van der Waals surface area contributed by atoms with Crippen molar-refractivity contribution in [3.8, 4) is 17.2 Å². The SMILES string of the molecule is COc1cc(OC(=O)c2ccc(C)cc2)c2ccccc2c1OC(=O)c1ccc(C)cc1. The molecule has 0 fully saturated rings. The van der Waals surface area contributed by atoms with Gasteiger partial charge in [0.2, 0.25) is 0 Å². The van der Waals surface area contributed by atoms with Crippen molar-refractivity contribution in [2.75, 3.05) is 7.11 Å². The molecule has 0 radical (unpaired) electrons. The maximum atomic E-state index is 12.7. The van der Waals surface area contributed by atoms with Crippen LogP contribution in [0.5, 0.6) is 17.2 Å². The Bertz CT molecular complexity index is 1290. The number of benzene rings is 4. The third-order valence-electron chi connectivity index (χ3n) is 5.11. The number of aryl methyl sites for hydroxylation is 2. The minimum atomic E-state index is -0.502. The van der Waals surface area contributed by atoms with Crippen LogP contribution in [0.1, 0.15) is 31.8 Å². The molecule has 0 aliphatic carbocycles. The van der Waals surface area contributed by atoms with Crippen LogP contribution in [0.3, 0.4) is 0 Å². The smallest absolute Gasteiger partial charge is 0.343 e. The Morgan fingerprint density at radius 2 is 1.12 bits per heavy atom. The average molecular weight is 426 g/mol. The van der Waals surface area contributed by atoms with E-state index in [4.69, 9.17) is 14.2 Å². The van der Waals surface area contributed by atoms with Gasteiger partial charge in [0.05, 0.1) is 18.2 Å². The van der Waals surface area contributed by atoms with E-state index in [1.807, 2.05) is 50.2 Å². The van der Waals surface area contributed by atoms with Crippen LogP contribution in [0.4, 0.5) is 0 Å². The Balaban J connectivity index is 1.72. The monoisotopic (exact) mass is 426 g/mol. The summed E-state index contributed by atoms with van der Waals surface area (Å²) >= 11 is 0. The molecule has 5 heteroatoms. The van der Waals surface area contributed by atoms with Crippen molar-refractivity contribution in [1.29, 1.82) is 0 Å². The van der Waals surface area contributed by atoms with E-state index in [0.29, 0.717) is 27.6 Å². The van der Waals surface area contributed by atoms with Gasteiger partial charge in [-0.3, -0.25) is 0 Å². The molecule has 0 saturated carbocycles. The first kappa shape index (κ1) is 21.1. The molecule has 0 aliphatic heterocycles. The molecule has 4 aromatic carbocycles. The van der Waals surface area contributed by atoms with Gasteiger partial charge in [-0.2, -0.15) is 0 Å². The molecular formula is C27H22O5. The van der Waals surface area contributed by atoms with Gasteiger partial charge in [-0.25, -0.2) is 9.59 Å². The topological polar surface area (TPSA) is 61.8 Å². The first-order valence-electron chi connectivity index (χ1n) is 10.1. The second-order valence-corrected chi connectivity index (χ2v) is 7.46. The molecule has 0 heterocycles. The van der Waals surface area contributed by atoms with Crippen molar-refractivity contribution < 1.29 is 23.8 Å². The number of hydrogen-bond donors (Lipinski definition) is 0. The van der Waals surface area contributed by atoms with Gasteiger partial charge < -0.3 is 14.2 Å². The molecule has 0 aromatic heterocycles. The van der Waals surface area contributed by atoms with Crippen LogP contribution < -0.4 is 14.2 Å². The predicted octanol–water partition coefficient (Wildman–Crippen LogP) is 5.90. The molecule has 32 heavy (non-hydrogen) atoms. The number of methoxy groups -OCH3 is 1. The summed E-state index contributed by atoms with van der Waals surface area (Å²) in [5.41, 5.74) is 2.96. The highest BCUT2D eigenvalue weighted by Crippen LogP contribution is 2.42. The number of carbonyl (C=O) groups excluding carboxylic acids is 2. The molecule has 5 nitrogen and oxygen atoms in total. The fourth-order valence-corrected chi connectivity index (χ4v) is 3.32. The van der Waals surface area contributed by atoms with Gasteiger partial charge in [-0.05, 0) is 38.1 Å². The van der Waals surface area contributed by atoms with Gasteiger partial charge in [-0.15, -0.1) is 0 Å². The minimum absolute atomic E-state index is 0.267. The largest absolute Gasteiger partial charge is 0.493 e. The minimum Gasteiger partial charge on any atom is -0.493 e. The van der Waals surface area contributed by atoms with E-state index in [-0.39, 0.29) is 11.5 Å². The summed E-state index contributed by atoms with van der Waals surface area (Å²) < 4.78 is 16.9. The molecule has 160 valence electrons. The van der Waals surface area contributed by atoms with E-state index in [1.165, 1.54) is 7.11 Å². The van der Waals surface area contributed by atoms with Gasteiger partial charge in [-0.1, -0.05) is 59.7 Å². The van der Waals surface area contributed by atoms with Crippen LogP contribution in [0, 0.1) is 13.8 Å². The van der Waals surface area contributed by atoms with Crippen molar-refractivity contribution in [1.82, 2.24) is 0 Å². The lowest BCUT2D eigenvalue weighted by Crippen LogP contribution is -2.11. The first-order chi connectivity index (χ1) is 15.5. The molecule has 0 unspecified atom stereocenters. The van der Waals surface area contributed by atoms with Crippen LogP contribution in [0.2, 0.25) is 0 Å². The molecule has 0 amide bonds. The quantitative estimate of drug-likeness (QED) is 0.294. The Kier molecular flexibility index (Phi) is 5.90. The summed E-state index contributed by atoms with van der Waals surface area (Å²) in [7, 11) is 1.47. The van der Waals surface area contributed by atoms with Crippen molar-refractivity contribution >= 4 is 22.7 Å². The molecule has 0 N–H and O–H groups in total. The van der Waals surface area contributed by atoms with Gasteiger partial charge in [0.25, 0.3) is 0 Å². The van der Waals surface area contributed by atoms with Crippen LogP contribution in [-0.2, 0) is 0 Å². The lowest BCUT2D eigenvalue weighted by Gasteiger charge is -2.15. The van der Waals surface area contributed by atoms with Gasteiger partial charge >= 0.3 is 11.9 Å². The van der Waals surface area contributed by atoms with Crippen molar-refractivity contribution in [2.45, 2.75) is 13.8 Å². The summed E-state index contributed by atoms with van der Waals surface area (Å²) in [5, 5.41) is 1.22. The molecule has 0 saturated heterocycles. The molecule has 0 atom stereocenters. The standard InChI is InChI=1S/C27H22O5/c1-17-8-12-19(13-9-17)26(28)31-23-16-24(30-3)25(22-7-5-4-6-21(22)23)32-27(29)20-14-10-18(2)11-15-20/h4-16H,1-3H3. The van der Waals surface area contributed by atoms with E-state index in [2.05, 4.69) is 0 Å². The lowest BCUT2D eigenvalue weighted by atomic mass is 10.1. The second kappa shape index (κ2) is 8.94.